The van der Waals surface area contributed by atoms with Crippen molar-refractivity contribution in [1.82, 2.24) is 0 Å². The average Bonchev–Trinajstić information content (AvgIpc) is 2.77. The predicted molar refractivity (Wildman–Crippen MR) is 82.6 cm³/mol. The van der Waals surface area contributed by atoms with Gasteiger partial charge in [-0.2, -0.15) is 0 Å². The Morgan fingerprint density at radius 2 is 0.947 bits per heavy atom. The van der Waals surface area contributed by atoms with Gasteiger partial charge in [0.2, 0.25) is 0 Å². The van der Waals surface area contributed by atoms with Crippen LogP contribution in [0, 0.1) is 5.41 Å². The van der Waals surface area contributed by atoms with E-state index in [1.54, 1.807) is 0 Å². The molecule has 2 aromatic rings. The molecule has 0 atom stereocenters. The maximum Gasteiger partial charge on any atom is 0.00232 e. The summed E-state index contributed by atoms with van der Waals surface area (Å²) in [6.07, 6.45) is 4.73. The van der Waals surface area contributed by atoms with Crippen LogP contribution >= 0.6 is 0 Å². The van der Waals surface area contributed by atoms with Crippen LogP contribution in [0.2, 0.25) is 0 Å². The first-order chi connectivity index (χ1) is 9.16. The van der Waals surface area contributed by atoms with Gasteiger partial charge in [-0.25, -0.2) is 0 Å². The lowest BCUT2D eigenvalue weighted by Gasteiger charge is -2.09. The van der Waals surface area contributed by atoms with Crippen LogP contribution < -0.4 is 0 Å². The topological polar surface area (TPSA) is 0 Å². The molecule has 0 N–H and O–H groups in total. The molecule has 0 heterocycles. The van der Waals surface area contributed by atoms with Gasteiger partial charge in [-0.15, -0.1) is 0 Å². The monoisotopic (exact) mass is 246 g/mol. The molecule has 94 valence electrons. The Labute approximate surface area is 115 Å². The molecule has 0 saturated heterocycles. The maximum absolute atomic E-state index is 2.37. The second kappa shape index (κ2) is 4.55. The second-order valence-electron chi connectivity index (χ2n) is 5.67. The molecule has 0 saturated carbocycles. The van der Waals surface area contributed by atoms with Gasteiger partial charge in [0.1, 0.15) is 0 Å². The van der Waals surface area contributed by atoms with Crippen LogP contribution in [0.5, 0.6) is 0 Å². The minimum atomic E-state index is 0.121. The molecule has 0 nitrogen and oxygen atoms in total. The maximum atomic E-state index is 2.37. The van der Waals surface area contributed by atoms with Crippen molar-refractivity contribution in [2.45, 2.75) is 13.8 Å². The van der Waals surface area contributed by atoms with Gasteiger partial charge in [-0.1, -0.05) is 86.7 Å². The van der Waals surface area contributed by atoms with E-state index in [1.165, 1.54) is 22.3 Å². The molecule has 0 heteroatoms. The lowest BCUT2D eigenvalue weighted by molar-refractivity contribution is 0.638. The van der Waals surface area contributed by atoms with Crippen LogP contribution in [0.3, 0.4) is 0 Å². The summed E-state index contributed by atoms with van der Waals surface area (Å²) >= 11 is 0. The first-order valence-corrected chi connectivity index (χ1v) is 6.73. The van der Waals surface area contributed by atoms with Crippen molar-refractivity contribution in [3.05, 3.63) is 83.9 Å². The minimum Gasteiger partial charge on any atom is -0.0666 e. The Bertz CT molecular complexity index is 571. The third kappa shape index (κ3) is 2.39. The zero-order valence-corrected chi connectivity index (χ0v) is 11.4. The van der Waals surface area contributed by atoms with Gasteiger partial charge in [0.25, 0.3) is 0 Å². The second-order valence-corrected chi connectivity index (χ2v) is 5.67. The van der Waals surface area contributed by atoms with E-state index >= 15 is 0 Å². The minimum absolute atomic E-state index is 0.121. The fourth-order valence-corrected chi connectivity index (χ4v) is 2.65. The standard InChI is InChI=1S/C19H18/c1-19(2)13-17(15-9-5-3-6-10-15)18(14-19)16-11-7-4-8-12-16/h3-14H,1-2H3. The van der Waals surface area contributed by atoms with Crippen LogP contribution in [0.4, 0.5) is 0 Å². The number of allylic oxidation sites excluding steroid dienone is 4. The summed E-state index contributed by atoms with van der Waals surface area (Å²) in [7, 11) is 0. The van der Waals surface area contributed by atoms with E-state index in [9.17, 15) is 0 Å². The molecule has 0 aromatic heterocycles. The predicted octanol–water partition coefficient (Wildman–Crippen LogP) is 5.19. The zero-order valence-electron chi connectivity index (χ0n) is 11.4. The quantitative estimate of drug-likeness (QED) is 0.683. The molecule has 19 heavy (non-hydrogen) atoms. The molecule has 2 aromatic carbocycles. The molecule has 0 radical (unpaired) electrons. The fourth-order valence-electron chi connectivity index (χ4n) is 2.65. The Morgan fingerprint density at radius 3 is 1.32 bits per heavy atom. The van der Waals surface area contributed by atoms with Crippen LogP contribution in [0.25, 0.3) is 11.1 Å². The molecule has 0 amide bonds. The SMILES string of the molecule is CC1(C)C=C(c2ccccc2)C(c2ccccc2)=C1. The van der Waals surface area contributed by atoms with Crippen LogP contribution in [-0.2, 0) is 0 Å². The van der Waals surface area contributed by atoms with Crippen LogP contribution in [0.1, 0.15) is 25.0 Å². The highest BCUT2D eigenvalue weighted by molar-refractivity contribution is 6.07. The van der Waals surface area contributed by atoms with Gasteiger partial charge in [0.05, 0.1) is 0 Å². The van der Waals surface area contributed by atoms with Crippen molar-refractivity contribution in [3.63, 3.8) is 0 Å². The smallest absolute Gasteiger partial charge is 0.00232 e. The Kier molecular flexibility index (Phi) is 2.87. The summed E-state index contributed by atoms with van der Waals surface area (Å²) in [6.45, 7) is 4.51. The number of rotatable bonds is 2. The molecule has 3 rings (SSSR count). The molecular formula is C19H18. The number of hydrogen-bond donors (Lipinski definition) is 0. The lowest BCUT2D eigenvalue weighted by Crippen LogP contribution is -1.98. The summed E-state index contributed by atoms with van der Waals surface area (Å²) < 4.78 is 0. The van der Waals surface area contributed by atoms with Gasteiger partial charge in [-0.05, 0) is 22.3 Å². The summed E-state index contributed by atoms with van der Waals surface area (Å²) in [5, 5.41) is 0. The van der Waals surface area contributed by atoms with Crippen molar-refractivity contribution in [2.24, 2.45) is 5.41 Å². The van der Waals surface area contributed by atoms with Gasteiger partial charge >= 0.3 is 0 Å². The Hall–Kier alpha value is -2.08. The Morgan fingerprint density at radius 1 is 0.579 bits per heavy atom. The van der Waals surface area contributed by atoms with Gasteiger partial charge < -0.3 is 0 Å². The lowest BCUT2D eigenvalue weighted by atomic mass is 9.95. The first kappa shape index (κ1) is 12.0. The van der Waals surface area contributed by atoms with E-state index < -0.39 is 0 Å². The highest BCUT2D eigenvalue weighted by Gasteiger charge is 2.24. The fraction of sp³-hybridized carbons (Fsp3) is 0.158. The van der Waals surface area contributed by atoms with Gasteiger partial charge in [0, 0.05) is 5.41 Å². The van der Waals surface area contributed by atoms with Crippen molar-refractivity contribution in [1.29, 1.82) is 0 Å². The summed E-state index contributed by atoms with van der Waals surface area (Å²) in [6, 6.07) is 21.3. The van der Waals surface area contributed by atoms with E-state index in [2.05, 4.69) is 86.7 Å². The normalized spacial score (nSPS) is 16.9. The van der Waals surface area contributed by atoms with Crippen molar-refractivity contribution >= 4 is 11.1 Å². The van der Waals surface area contributed by atoms with Gasteiger partial charge in [0.15, 0.2) is 0 Å². The molecule has 0 spiro atoms. The molecule has 1 aliphatic rings. The largest absolute Gasteiger partial charge is 0.0666 e. The van der Waals surface area contributed by atoms with Crippen molar-refractivity contribution in [2.75, 3.05) is 0 Å². The first-order valence-electron chi connectivity index (χ1n) is 6.73. The third-order valence-corrected chi connectivity index (χ3v) is 3.49. The summed E-state index contributed by atoms with van der Waals surface area (Å²) in [4.78, 5) is 0. The van der Waals surface area contributed by atoms with Crippen molar-refractivity contribution in [3.8, 4) is 0 Å². The number of benzene rings is 2. The summed E-state index contributed by atoms with van der Waals surface area (Å²) in [5.74, 6) is 0. The highest BCUT2D eigenvalue weighted by atomic mass is 14.3. The average molecular weight is 246 g/mol. The molecule has 0 bridgehead atoms. The van der Waals surface area contributed by atoms with E-state index in [1.807, 2.05) is 0 Å². The van der Waals surface area contributed by atoms with E-state index in [-0.39, 0.29) is 5.41 Å². The summed E-state index contributed by atoms with van der Waals surface area (Å²) in [5.41, 5.74) is 5.40. The van der Waals surface area contributed by atoms with E-state index in [4.69, 9.17) is 0 Å². The van der Waals surface area contributed by atoms with E-state index in [0.29, 0.717) is 0 Å². The van der Waals surface area contributed by atoms with Crippen molar-refractivity contribution < 1.29 is 0 Å². The molecular weight excluding hydrogens is 228 g/mol. The molecule has 0 unspecified atom stereocenters. The van der Waals surface area contributed by atoms with Crippen LogP contribution in [-0.4, -0.2) is 0 Å². The Balaban J connectivity index is 2.11. The molecule has 1 aliphatic carbocycles. The molecule has 0 aliphatic heterocycles. The number of hydrogen-bond acceptors (Lipinski definition) is 0. The third-order valence-electron chi connectivity index (χ3n) is 3.49. The molecule has 0 fully saturated rings. The highest BCUT2D eigenvalue weighted by Crippen LogP contribution is 2.43. The van der Waals surface area contributed by atoms with E-state index in [0.717, 1.165) is 0 Å². The van der Waals surface area contributed by atoms with Gasteiger partial charge in [-0.3, -0.25) is 0 Å². The van der Waals surface area contributed by atoms with Crippen LogP contribution in [0.15, 0.2) is 72.8 Å². The zero-order chi connectivity index (χ0) is 13.3.